The molecule has 0 bridgehead atoms. The molecule has 4 aromatic carbocycles. The first-order chi connectivity index (χ1) is 21.0. The normalized spacial score (nSPS) is 19.1. The van der Waals surface area contributed by atoms with Crippen molar-refractivity contribution >= 4 is 29.7 Å². The van der Waals surface area contributed by atoms with Gasteiger partial charge in [-0.15, -0.1) is 0 Å². The third-order valence-electron chi connectivity index (χ3n) is 6.40. The molecule has 1 amide bonds. The largest absolute Gasteiger partial charge is 0.459 e. The van der Waals surface area contributed by atoms with Crippen molar-refractivity contribution in [2.75, 3.05) is 11.9 Å². The van der Waals surface area contributed by atoms with Crippen LogP contribution >= 0.6 is 0 Å². The predicted molar refractivity (Wildman–Crippen MR) is 153 cm³/mol. The minimum absolute atomic E-state index is 0.210. The first-order valence-electron chi connectivity index (χ1n) is 13.4. The Bertz CT molecular complexity index is 1530. The smallest absolute Gasteiger partial charge is 0.414 e. The second-order valence-electron chi connectivity index (χ2n) is 9.38. The molecule has 1 heterocycles. The molecule has 0 spiro atoms. The lowest BCUT2D eigenvalue weighted by Gasteiger charge is -2.24. The monoisotopic (exact) mass is 581 g/mol. The fourth-order valence-corrected chi connectivity index (χ4v) is 4.31. The minimum Gasteiger partial charge on any atom is -0.459 e. The van der Waals surface area contributed by atoms with Gasteiger partial charge in [0.1, 0.15) is 12.7 Å². The quantitative estimate of drug-likeness (QED) is 0.208. The van der Waals surface area contributed by atoms with Gasteiger partial charge in [0.2, 0.25) is 12.4 Å². The number of nitrogens with one attached hydrogen (secondary N) is 1. The van der Waals surface area contributed by atoms with Crippen LogP contribution in [0, 0.1) is 0 Å². The Morgan fingerprint density at radius 1 is 0.558 bits per heavy atom. The van der Waals surface area contributed by atoms with E-state index in [-0.39, 0.29) is 11.1 Å². The summed E-state index contributed by atoms with van der Waals surface area (Å²) in [6.07, 6.45) is -6.33. The van der Waals surface area contributed by atoms with E-state index in [1.807, 2.05) is 0 Å². The summed E-state index contributed by atoms with van der Waals surface area (Å²) in [6.45, 7) is -0.403. The van der Waals surface area contributed by atoms with E-state index in [0.29, 0.717) is 11.3 Å². The Morgan fingerprint density at radius 2 is 1.00 bits per heavy atom. The molecule has 1 fully saturated rings. The van der Waals surface area contributed by atoms with E-state index >= 15 is 0 Å². The number of esters is 3. The Labute approximate surface area is 247 Å². The van der Waals surface area contributed by atoms with Gasteiger partial charge in [-0.05, 0) is 48.5 Å². The van der Waals surface area contributed by atoms with Gasteiger partial charge in [0.25, 0.3) is 0 Å². The maximum Gasteiger partial charge on any atom is 0.414 e. The van der Waals surface area contributed by atoms with Gasteiger partial charge in [0, 0.05) is 5.69 Å². The Kier molecular flexibility index (Phi) is 9.40. The second-order valence-corrected chi connectivity index (χ2v) is 9.38. The van der Waals surface area contributed by atoms with Crippen LogP contribution in [0.3, 0.4) is 0 Å². The number of hydrogen-bond donors (Lipinski definition) is 1. The van der Waals surface area contributed by atoms with Gasteiger partial charge in [-0.2, -0.15) is 0 Å². The molecule has 4 unspecified atom stereocenters. The average molecular weight is 582 g/mol. The highest BCUT2D eigenvalue weighted by Gasteiger charge is 2.52. The highest BCUT2D eigenvalue weighted by Crippen LogP contribution is 2.30. The number of carbonyl (C=O) groups is 4. The van der Waals surface area contributed by atoms with E-state index in [9.17, 15) is 19.2 Å². The fourth-order valence-electron chi connectivity index (χ4n) is 4.31. The first-order valence-corrected chi connectivity index (χ1v) is 13.4. The van der Waals surface area contributed by atoms with Crippen molar-refractivity contribution in [1.29, 1.82) is 0 Å². The number of amides is 1. The van der Waals surface area contributed by atoms with Crippen LogP contribution < -0.4 is 5.32 Å². The number of anilines is 1. The van der Waals surface area contributed by atoms with Crippen molar-refractivity contribution in [2.24, 2.45) is 0 Å². The molecule has 1 aliphatic rings. The van der Waals surface area contributed by atoms with Crippen molar-refractivity contribution in [3.05, 3.63) is 138 Å². The third kappa shape index (κ3) is 7.63. The molecular weight excluding hydrogens is 554 g/mol. The van der Waals surface area contributed by atoms with Gasteiger partial charge in [-0.1, -0.05) is 72.8 Å². The summed E-state index contributed by atoms with van der Waals surface area (Å²) in [5, 5.41) is 2.57. The number of rotatable bonds is 9. The van der Waals surface area contributed by atoms with Crippen LogP contribution in [0.5, 0.6) is 0 Å². The van der Waals surface area contributed by atoms with E-state index in [0.717, 1.165) is 0 Å². The molecule has 43 heavy (non-hydrogen) atoms. The molecule has 1 saturated heterocycles. The number of ether oxygens (including phenoxy) is 5. The van der Waals surface area contributed by atoms with E-state index in [4.69, 9.17) is 23.7 Å². The third-order valence-corrected chi connectivity index (χ3v) is 6.40. The Hall–Kier alpha value is -5.48. The topological polar surface area (TPSA) is 126 Å². The molecule has 10 heteroatoms. The molecule has 1 aliphatic heterocycles. The maximum absolute atomic E-state index is 13.1. The van der Waals surface area contributed by atoms with E-state index < -0.39 is 55.2 Å². The summed E-state index contributed by atoms with van der Waals surface area (Å²) in [7, 11) is 0. The van der Waals surface area contributed by atoms with Crippen molar-refractivity contribution in [1.82, 2.24) is 0 Å². The molecule has 5 rings (SSSR count). The molecule has 0 aromatic heterocycles. The summed E-state index contributed by atoms with van der Waals surface area (Å²) in [5.41, 5.74) is 1.17. The zero-order valence-electron chi connectivity index (χ0n) is 22.7. The number of benzene rings is 4. The highest BCUT2D eigenvalue weighted by molar-refractivity contribution is 5.91. The SMILES string of the molecule is O=C(Nc1ccccc1)OC1OC(COC(=O)c2ccccc2)C(OC(=O)c2ccccc2)C1OC(=O)c1ccccc1. The van der Waals surface area contributed by atoms with Crippen LogP contribution in [-0.4, -0.2) is 55.2 Å². The molecular formula is C33H27NO9. The van der Waals surface area contributed by atoms with Gasteiger partial charge in [-0.3, -0.25) is 5.32 Å². The zero-order valence-corrected chi connectivity index (χ0v) is 22.7. The van der Waals surface area contributed by atoms with Crippen LogP contribution in [0.2, 0.25) is 0 Å². The van der Waals surface area contributed by atoms with Gasteiger partial charge in [-0.25, -0.2) is 19.2 Å². The number of hydrogen-bond acceptors (Lipinski definition) is 9. The van der Waals surface area contributed by atoms with E-state index in [2.05, 4.69) is 5.32 Å². The van der Waals surface area contributed by atoms with Crippen LogP contribution in [0.25, 0.3) is 0 Å². The van der Waals surface area contributed by atoms with Crippen molar-refractivity contribution < 1.29 is 42.9 Å². The molecule has 10 nitrogen and oxygen atoms in total. The molecule has 4 aromatic rings. The van der Waals surface area contributed by atoms with Gasteiger partial charge >= 0.3 is 24.0 Å². The van der Waals surface area contributed by atoms with Crippen LogP contribution in [0.4, 0.5) is 10.5 Å². The lowest BCUT2D eigenvalue weighted by Crippen LogP contribution is -2.43. The average Bonchev–Trinajstić information content (AvgIpc) is 3.35. The predicted octanol–water partition coefficient (Wildman–Crippen LogP) is 5.27. The van der Waals surface area contributed by atoms with Crippen molar-refractivity contribution in [3.8, 4) is 0 Å². The summed E-state index contributed by atoms with van der Waals surface area (Å²) in [5.74, 6) is -2.17. The van der Waals surface area contributed by atoms with Gasteiger partial charge in [0.15, 0.2) is 6.10 Å². The summed E-state index contributed by atoms with van der Waals surface area (Å²) >= 11 is 0. The van der Waals surface area contributed by atoms with Crippen molar-refractivity contribution in [2.45, 2.75) is 24.6 Å². The Balaban J connectivity index is 1.41. The zero-order chi connectivity index (χ0) is 30.0. The first kappa shape index (κ1) is 29.0. The van der Waals surface area contributed by atoms with Gasteiger partial charge in [0.05, 0.1) is 16.7 Å². The Morgan fingerprint density at radius 3 is 1.51 bits per heavy atom. The van der Waals surface area contributed by atoms with Crippen LogP contribution in [0.15, 0.2) is 121 Å². The van der Waals surface area contributed by atoms with Crippen molar-refractivity contribution in [3.63, 3.8) is 0 Å². The lowest BCUT2D eigenvalue weighted by molar-refractivity contribution is -0.135. The molecule has 1 N–H and O–H groups in total. The molecule has 0 saturated carbocycles. The second kappa shape index (κ2) is 13.9. The number of carbonyl (C=O) groups excluding carboxylic acids is 4. The molecule has 0 aliphatic carbocycles. The summed E-state index contributed by atoms with van der Waals surface area (Å²) in [4.78, 5) is 51.8. The number of para-hydroxylation sites is 1. The summed E-state index contributed by atoms with van der Waals surface area (Å²) in [6, 6.07) is 33.1. The lowest BCUT2D eigenvalue weighted by atomic mass is 10.1. The molecule has 4 atom stereocenters. The maximum atomic E-state index is 13.1. The molecule has 0 radical (unpaired) electrons. The van der Waals surface area contributed by atoms with E-state index in [1.165, 1.54) is 0 Å². The summed E-state index contributed by atoms with van der Waals surface area (Å²) < 4.78 is 28.5. The minimum atomic E-state index is -1.52. The highest BCUT2D eigenvalue weighted by atomic mass is 16.8. The molecule has 218 valence electrons. The van der Waals surface area contributed by atoms with Crippen LogP contribution in [0.1, 0.15) is 31.1 Å². The van der Waals surface area contributed by atoms with E-state index in [1.54, 1.807) is 121 Å². The fraction of sp³-hybridized carbons (Fsp3) is 0.152. The van der Waals surface area contributed by atoms with Gasteiger partial charge < -0.3 is 23.7 Å². The van der Waals surface area contributed by atoms with Crippen LogP contribution in [-0.2, 0) is 23.7 Å². The standard InChI is InChI=1S/C33H27NO9/c35-29(22-13-5-1-6-14-22)39-21-26-27(41-30(36)23-15-7-2-8-16-23)28(42-31(37)24-17-9-3-10-18-24)32(40-26)43-33(38)34-25-19-11-4-12-20-25/h1-20,26-28,32H,21H2,(H,34,38).